The average molecular weight is 421 g/mol. The van der Waals surface area contributed by atoms with Gasteiger partial charge in [0.15, 0.2) is 5.82 Å². The monoisotopic (exact) mass is 419 g/mol. The lowest BCUT2D eigenvalue weighted by atomic mass is 9.91. The SMILES string of the molecule is CC(C)(C)CC(Br)CNS(=O)(=O)c1ccc(Cl)c(F)c1Cl. The Labute approximate surface area is 143 Å². The summed E-state index contributed by atoms with van der Waals surface area (Å²) in [5.41, 5.74) is 0.0592. The fraction of sp³-hybridized carbons (Fsp3) is 0.538. The summed E-state index contributed by atoms with van der Waals surface area (Å²) in [6.45, 7) is 6.35. The molecule has 0 radical (unpaired) electrons. The summed E-state index contributed by atoms with van der Waals surface area (Å²) in [7, 11) is -3.89. The van der Waals surface area contributed by atoms with Crippen LogP contribution >= 0.6 is 39.1 Å². The van der Waals surface area contributed by atoms with Crippen molar-refractivity contribution in [3.8, 4) is 0 Å². The third kappa shape index (κ3) is 5.67. The predicted molar refractivity (Wildman–Crippen MR) is 88.4 cm³/mol. The Morgan fingerprint density at radius 2 is 1.90 bits per heavy atom. The predicted octanol–water partition coefficient (Wildman–Crippen LogP) is 4.61. The molecule has 1 N–H and O–H groups in total. The second-order valence-electron chi connectivity index (χ2n) is 5.89. The van der Waals surface area contributed by atoms with Gasteiger partial charge < -0.3 is 0 Å². The van der Waals surface area contributed by atoms with Gasteiger partial charge in [0.1, 0.15) is 4.90 Å². The maximum absolute atomic E-state index is 13.6. The van der Waals surface area contributed by atoms with Gasteiger partial charge >= 0.3 is 0 Å². The fourth-order valence-electron chi connectivity index (χ4n) is 1.73. The van der Waals surface area contributed by atoms with Crippen LogP contribution in [0.3, 0.4) is 0 Å². The molecule has 0 aromatic heterocycles. The van der Waals surface area contributed by atoms with E-state index in [2.05, 4.69) is 41.4 Å². The standard InChI is InChI=1S/C13H17BrCl2FNO2S/c1-13(2,3)6-8(14)7-18-21(19,20)10-5-4-9(15)12(17)11(10)16/h4-5,8,18H,6-7H2,1-3H3. The molecule has 0 aliphatic carbocycles. The number of alkyl halides is 1. The maximum Gasteiger partial charge on any atom is 0.242 e. The Kier molecular flexibility index (Phi) is 6.51. The van der Waals surface area contributed by atoms with Crippen LogP contribution < -0.4 is 4.72 Å². The number of hydrogen-bond donors (Lipinski definition) is 1. The molecule has 0 bridgehead atoms. The van der Waals surface area contributed by atoms with Crippen LogP contribution in [-0.2, 0) is 10.0 Å². The van der Waals surface area contributed by atoms with Gasteiger partial charge in [-0.3, -0.25) is 0 Å². The van der Waals surface area contributed by atoms with Gasteiger partial charge in [-0.15, -0.1) is 0 Å². The van der Waals surface area contributed by atoms with Crippen molar-refractivity contribution in [2.75, 3.05) is 6.54 Å². The molecule has 120 valence electrons. The zero-order chi connectivity index (χ0) is 16.4. The lowest BCUT2D eigenvalue weighted by molar-refractivity contribution is 0.373. The van der Waals surface area contributed by atoms with E-state index in [1.165, 1.54) is 6.07 Å². The summed E-state index contributed by atoms with van der Waals surface area (Å²) in [4.78, 5) is -0.357. The third-order valence-electron chi connectivity index (χ3n) is 2.62. The number of sulfonamides is 1. The lowest BCUT2D eigenvalue weighted by Gasteiger charge is -2.22. The third-order valence-corrected chi connectivity index (χ3v) is 5.50. The quantitative estimate of drug-likeness (QED) is 0.558. The molecule has 8 heteroatoms. The lowest BCUT2D eigenvalue weighted by Crippen LogP contribution is -2.31. The minimum Gasteiger partial charge on any atom is -0.210 e. The van der Waals surface area contributed by atoms with E-state index in [-0.39, 0.29) is 26.7 Å². The topological polar surface area (TPSA) is 46.2 Å². The van der Waals surface area contributed by atoms with Crippen LogP contribution in [0.2, 0.25) is 10.0 Å². The van der Waals surface area contributed by atoms with Gasteiger partial charge in [0, 0.05) is 11.4 Å². The van der Waals surface area contributed by atoms with Crippen LogP contribution in [-0.4, -0.2) is 19.8 Å². The number of halogens is 4. The molecule has 0 aliphatic rings. The number of nitrogens with one attached hydrogen (secondary N) is 1. The second-order valence-corrected chi connectivity index (χ2v) is 9.70. The van der Waals surface area contributed by atoms with E-state index in [9.17, 15) is 12.8 Å². The zero-order valence-electron chi connectivity index (χ0n) is 11.9. The second kappa shape index (κ2) is 7.13. The Bertz CT molecular complexity index is 617. The van der Waals surface area contributed by atoms with Crippen LogP contribution in [0.15, 0.2) is 17.0 Å². The van der Waals surface area contributed by atoms with Gasteiger partial charge in [-0.1, -0.05) is 59.9 Å². The van der Waals surface area contributed by atoms with E-state index in [0.717, 1.165) is 12.5 Å². The van der Waals surface area contributed by atoms with E-state index in [1.807, 2.05) is 0 Å². The van der Waals surface area contributed by atoms with Crippen LogP contribution in [0.5, 0.6) is 0 Å². The van der Waals surface area contributed by atoms with Crippen molar-refractivity contribution in [3.63, 3.8) is 0 Å². The molecular formula is C13H17BrCl2FNO2S. The highest BCUT2D eigenvalue weighted by Gasteiger charge is 2.24. The molecule has 1 aromatic rings. The number of hydrogen-bond acceptors (Lipinski definition) is 2. The highest BCUT2D eigenvalue weighted by molar-refractivity contribution is 9.09. The number of rotatable bonds is 5. The molecule has 1 aromatic carbocycles. The van der Waals surface area contributed by atoms with Crippen molar-refractivity contribution in [1.82, 2.24) is 4.72 Å². The maximum atomic E-state index is 13.6. The summed E-state index contributed by atoms with van der Waals surface area (Å²) >= 11 is 14.7. The molecule has 1 rings (SSSR count). The fourth-order valence-corrected chi connectivity index (χ4v) is 4.90. The minimum atomic E-state index is -3.89. The molecule has 0 saturated carbocycles. The Morgan fingerprint density at radius 3 is 2.43 bits per heavy atom. The van der Waals surface area contributed by atoms with Crippen LogP contribution in [0.4, 0.5) is 4.39 Å². The molecule has 0 fully saturated rings. The van der Waals surface area contributed by atoms with E-state index < -0.39 is 20.9 Å². The van der Waals surface area contributed by atoms with Gasteiger partial charge in [-0.2, -0.15) is 0 Å². The molecule has 0 spiro atoms. The van der Waals surface area contributed by atoms with Crippen molar-refractivity contribution in [2.24, 2.45) is 5.41 Å². The van der Waals surface area contributed by atoms with Crippen molar-refractivity contribution in [1.29, 1.82) is 0 Å². The summed E-state index contributed by atoms with van der Waals surface area (Å²) < 4.78 is 40.3. The molecule has 21 heavy (non-hydrogen) atoms. The molecule has 0 aliphatic heterocycles. The Hall–Kier alpha value is 0.120. The molecule has 1 atom stereocenters. The average Bonchev–Trinajstić information content (AvgIpc) is 2.31. The molecule has 0 heterocycles. The molecule has 3 nitrogen and oxygen atoms in total. The van der Waals surface area contributed by atoms with Gasteiger partial charge in [0.05, 0.1) is 10.0 Å². The van der Waals surface area contributed by atoms with Gasteiger partial charge in [0.2, 0.25) is 10.0 Å². The summed E-state index contributed by atoms with van der Waals surface area (Å²) in [5.74, 6) is -0.939. The van der Waals surface area contributed by atoms with E-state index in [0.29, 0.717) is 0 Å². The first kappa shape index (κ1) is 19.2. The van der Waals surface area contributed by atoms with Crippen LogP contribution in [0.25, 0.3) is 0 Å². The molecule has 1 unspecified atom stereocenters. The highest BCUT2D eigenvalue weighted by Crippen LogP contribution is 2.30. The van der Waals surface area contributed by atoms with Crippen molar-refractivity contribution in [3.05, 3.63) is 28.0 Å². The largest absolute Gasteiger partial charge is 0.242 e. The summed E-state index contributed by atoms with van der Waals surface area (Å²) in [5, 5.41) is -0.720. The van der Waals surface area contributed by atoms with Gasteiger partial charge in [0.25, 0.3) is 0 Å². The molecule has 0 amide bonds. The first-order valence-corrected chi connectivity index (χ1v) is 9.37. The number of benzene rings is 1. The summed E-state index contributed by atoms with van der Waals surface area (Å²) in [6, 6.07) is 2.35. The van der Waals surface area contributed by atoms with Gasteiger partial charge in [-0.05, 0) is 24.0 Å². The van der Waals surface area contributed by atoms with Gasteiger partial charge in [-0.25, -0.2) is 17.5 Å². The Balaban J connectivity index is 2.86. The molecular weight excluding hydrogens is 404 g/mol. The van der Waals surface area contributed by atoms with Crippen molar-refractivity contribution in [2.45, 2.75) is 36.9 Å². The first-order chi connectivity index (χ1) is 9.44. The first-order valence-electron chi connectivity index (χ1n) is 6.21. The summed E-state index contributed by atoms with van der Waals surface area (Å²) in [6.07, 6.45) is 0.776. The molecule has 0 saturated heterocycles. The van der Waals surface area contributed by atoms with E-state index >= 15 is 0 Å². The van der Waals surface area contributed by atoms with Crippen molar-refractivity contribution < 1.29 is 12.8 Å². The van der Waals surface area contributed by atoms with Crippen LogP contribution in [0.1, 0.15) is 27.2 Å². The highest BCUT2D eigenvalue weighted by atomic mass is 79.9. The minimum absolute atomic E-state index is 0.0387. The van der Waals surface area contributed by atoms with Crippen LogP contribution in [0, 0.1) is 11.2 Å². The van der Waals surface area contributed by atoms with Crippen molar-refractivity contribution >= 4 is 49.2 Å². The Morgan fingerprint density at radius 1 is 1.33 bits per heavy atom. The smallest absolute Gasteiger partial charge is 0.210 e. The zero-order valence-corrected chi connectivity index (χ0v) is 15.8. The van der Waals surface area contributed by atoms with E-state index in [1.54, 1.807) is 0 Å². The normalized spacial score (nSPS) is 14.2. The van der Waals surface area contributed by atoms with E-state index in [4.69, 9.17) is 23.2 Å².